The van der Waals surface area contributed by atoms with Crippen LogP contribution in [0.25, 0.3) is 0 Å². The van der Waals surface area contributed by atoms with E-state index in [2.05, 4.69) is 0 Å². The Hall–Kier alpha value is -0.790. The Labute approximate surface area is 117 Å². The van der Waals surface area contributed by atoms with Crippen LogP contribution in [0.15, 0.2) is 17.0 Å². The highest BCUT2D eigenvalue weighted by Crippen LogP contribution is 2.27. The number of anilines is 1. The fourth-order valence-corrected chi connectivity index (χ4v) is 5.09. The van der Waals surface area contributed by atoms with Gasteiger partial charge >= 0.3 is 0 Å². The smallest absolute Gasteiger partial charge is 0.243 e. The molecule has 0 aromatic heterocycles. The molecule has 19 heavy (non-hydrogen) atoms. The summed E-state index contributed by atoms with van der Waals surface area (Å²) in [5.41, 5.74) is 5.64. The van der Waals surface area contributed by atoms with E-state index in [0.29, 0.717) is 6.54 Å². The van der Waals surface area contributed by atoms with Crippen LogP contribution in [-0.2, 0) is 10.0 Å². The summed E-state index contributed by atoms with van der Waals surface area (Å²) in [6.07, 6.45) is 0. The first-order valence-corrected chi connectivity index (χ1v) is 8.58. The molecule has 0 aliphatic carbocycles. The summed E-state index contributed by atoms with van der Waals surface area (Å²) < 4.78 is 40.1. The van der Waals surface area contributed by atoms with Gasteiger partial charge in [-0.2, -0.15) is 16.1 Å². The Bertz CT molecular complexity index is 566. The summed E-state index contributed by atoms with van der Waals surface area (Å²) in [7, 11) is -3.60. The van der Waals surface area contributed by atoms with Crippen molar-refractivity contribution in [3.63, 3.8) is 0 Å². The van der Waals surface area contributed by atoms with Crippen LogP contribution < -0.4 is 5.73 Å². The molecular weight excluding hydrogens is 287 g/mol. The van der Waals surface area contributed by atoms with Crippen molar-refractivity contribution in [2.45, 2.75) is 24.8 Å². The number of sulfonamides is 1. The molecule has 0 amide bonds. The van der Waals surface area contributed by atoms with Gasteiger partial charge in [-0.15, -0.1) is 0 Å². The summed E-state index contributed by atoms with van der Waals surface area (Å²) in [6.45, 7) is 3.87. The third-order valence-corrected chi connectivity index (χ3v) is 6.35. The molecule has 1 aliphatic heterocycles. The molecule has 1 unspecified atom stereocenters. The standard InChI is InChI=1S/C12H17FN2O2S2/c1-8-5-10(6-11(14)12(8)13)19(16,17)15-3-4-18-7-9(15)2/h5-6,9H,3-4,7,14H2,1-2H3. The van der Waals surface area contributed by atoms with Gasteiger partial charge in [0.1, 0.15) is 5.82 Å². The monoisotopic (exact) mass is 304 g/mol. The second-order valence-corrected chi connectivity index (χ2v) is 7.72. The lowest BCUT2D eigenvalue weighted by atomic mass is 10.2. The second kappa shape index (κ2) is 5.30. The molecule has 106 valence electrons. The molecule has 7 heteroatoms. The van der Waals surface area contributed by atoms with Crippen LogP contribution in [0.5, 0.6) is 0 Å². The van der Waals surface area contributed by atoms with E-state index in [1.807, 2.05) is 6.92 Å². The van der Waals surface area contributed by atoms with Gasteiger partial charge in [0.05, 0.1) is 10.6 Å². The van der Waals surface area contributed by atoms with Crippen molar-refractivity contribution in [1.82, 2.24) is 4.31 Å². The fraction of sp³-hybridized carbons (Fsp3) is 0.500. The Kier molecular flexibility index (Phi) is 4.08. The molecule has 1 aliphatic rings. The minimum Gasteiger partial charge on any atom is -0.396 e. The quantitative estimate of drug-likeness (QED) is 0.847. The van der Waals surface area contributed by atoms with Gasteiger partial charge in [-0.25, -0.2) is 12.8 Å². The first-order valence-electron chi connectivity index (χ1n) is 5.99. The molecule has 0 radical (unpaired) electrons. The molecule has 1 aromatic carbocycles. The van der Waals surface area contributed by atoms with Crippen LogP contribution in [0, 0.1) is 12.7 Å². The number of nitrogens with zero attached hydrogens (tertiary/aromatic N) is 1. The maximum Gasteiger partial charge on any atom is 0.243 e. The predicted octanol–water partition coefficient (Wildman–Crippen LogP) is 1.84. The van der Waals surface area contributed by atoms with Gasteiger partial charge in [-0.05, 0) is 31.5 Å². The van der Waals surface area contributed by atoms with Crippen molar-refractivity contribution in [2.24, 2.45) is 0 Å². The van der Waals surface area contributed by atoms with Gasteiger partial charge in [0.25, 0.3) is 0 Å². The number of rotatable bonds is 2. The topological polar surface area (TPSA) is 63.4 Å². The van der Waals surface area contributed by atoms with Gasteiger partial charge in [0.2, 0.25) is 10.0 Å². The third kappa shape index (κ3) is 2.73. The fourth-order valence-electron chi connectivity index (χ4n) is 2.12. The Balaban J connectivity index is 2.44. The first-order chi connectivity index (χ1) is 8.84. The van der Waals surface area contributed by atoms with E-state index < -0.39 is 15.8 Å². The van der Waals surface area contributed by atoms with Gasteiger partial charge in [0, 0.05) is 24.1 Å². The van der Waals surface area contributed by atoms with Crippen molar-refractivity contribution < 1.29 is 12.8 Å². The van der Waals surface area contributed by atoms with Crippen molar-refractivity contribution in [1.29, 1.82) is 0 Å². The molecule has 0 saturated carbocycles. The van der Waals surface area contributed by atoms with Crippen LogP contribution in [0.4, 0.5) is 10.1 Å². The lowest BCUT2D eigenvalue weighted by Crippen LogP contribution is -2.44. The number of nitrogens with two attached hydrogens (primary N) is 1. The highest BCUT2D eigenvalue weighted by atomic mass is 32.2. The lowest BCUT2D eigenvalue weighted by molar-refractivity contribution is 0.367. The van der Waals surface area contributed by atoms with Crippen molar-refractivity contribution in [3.05, 3.63) is 23.5 Å². The normalized spacial score (nSPS) is 21.5. The van der Waals surface area contributed by atoms with Gasteiger partial charge in [0.15, 0.2) is 0 Å². The lowest BCUT2D eigenvalue weighted by Gasteiger charge is -2.32. The van der Waals surface area contributed by atoms with E-state index in [1.54, 1.807) is 11.8 Å². The van der Waals surface area contributed by atoms with Gasteiger partial charge in [-0.3, -0.25) is 0 Å². The Morgan fingerprint density at radius 2 is 2.16 bits per heavy atom. The molecule has 4 nitrogen and oxygen atoms in total. The molecule has 2 N–H and O–H groups in total. The number of hydrogen-bond acceptors (Lipinski definition) is 4. The highest BCUT2D eigenvalue weighted by molar-refractivity contribution is 7.99. The summed E-state index contributed by atoms with van der Waals surface area (Å²) in [4.78, 5) is 0.0719. The molecule has 0 bridgehead atoms. The minimum absolute atomic E-state index is 0.0599. The van der Waals surface area contributed by atoms with E-state index >= 15 is 0 Å². The zero-order chi connectivity index (χ0) is 14.2. The van der Waals surface area contributed by atoms with Crippen molar-refractivity contribution in [3.8, 4) is 0 Å². The first kappa shape index (κ1) is 14.6. The number of nitrogen functional groups attached to an aromatic ring is 1. The van der Waals surface area contributed by atoms with Crippen LogP contribution in [0.1, 0.15) is 12.5 Å². The number of hydrogen-bond donors (Lipinski definition) is 1. The Morgan fingerprint density at radius 1 is 1.47 bits per heavy atom. The summed E-state index contributed by atoms with van der Waals surface area (Å²) in [6, 6.07) is 2.48. The zero-order valence-electron chi connectivity index (χ0n) is 10.9. The van der Waals surface area contributed by atoms with E-state index in [1.165, 1.54) is 23.4 Å². The maximum absolute atomic E-state index is 13.5. The average Bonchev–Trinajstić information content (AvgIpc) is 2.35. The highest BCUT2D eigenvalue weighted by Gasteiger charge is 2.31. The van der Waals surface area contributed by atoms with Crippen molar-refractivity contribution >= 4 is 27.5 Å². The molecule has 1 aromatic rings. The molecule has 1 heterocycles. The van der Waals surface area contributed by atoms with Crippen LogP contribution in [0.2, 0.25) is 0 Å². The number of thioether (sulfide) groups is 1. The molecule has 1 saturated heterocycles. The zero-order valence-corrected chi connectivity index (χ0v) is 12.5. The van der Waals surface area contributed by atoms with Gasteiger partial charge in [-0.1, -0.05) is 0 Å². The van der Waals surface area contributed by atoms with Crippen LogP contribution in [0.3, 0.4) is 0 Å². The van der Waals surface area contributed by atoms with Crippen LogP contribution >= 0.6 is 11.8 Å². The molecule has 1 fully saturated rings. The number of benzene rings is 1. The number of aryl methyl sites for hydroxylation is 1. The second-order valence-electron chi connectivity index (χ2n) is 4.68. The van der Waals surface area contributed by atoms with E-state index in [9.17, 15) is 12.8 Å². The molecule has 0 spiro atoms. The molecule has 1 atom stereocenters. The average molecular weight is 304 g/mol. The van der Waals surface area contributed by atoms with Crippen LogP contribution in [-0.4, -0.2) is 36.8 Å². The van der Waals surface area contributed by atoms with Gasteiger partial charge < -0.3 is 5.73 Å². The maximum atomic E-state index is 13.5. The largest absolute Gasteiger partial charge is 0.396 e. The third-order valence-electron chi connectivity index (χ3n) is 3.17. The Morgan fingerprint density at radius 3 is 2.74 bits per heavy atom. The van der Waals surface area contributed by atoms with E-state index in [-0.39, 0.29) is 22.2 Å². The minimum atomic E-state index is -3.60. The molecule has 2 rings (SSSR count). The van der Waals surface area contributed by atoms with E-state index in [4.69, 9.17) is 5.73 Å². The van der Waals surface area contributed by atoms with Crippen molar-refractivity contribution in [2.75, 3.05) is 23.8 Å². The SMILES string of the molecule is Cc1cc(S(=O)(=O)N2CCSCC2C)cc(N)c1F. The van der Waals surface area contributed by atoms with E-state index in [0.717, 1.165) is 11.5 Å². The summed E-state index contributed by atoms with van der Waals surface area (Å²) in [5.74, 6) is 0.995. The predicted molar refractivity (Wildman–Crippen MR) is 76.2 cm³/mol. The summed E-state index contributed by atoms with van der Waals surface area (Å²) in [5, 5.41) is 0. The summed E-state index contributed by atoms with van der Waals surface area (Å²) >= 11 is 1.74. The number of halogens is 1. The molecular formula is C12H17FN2O2S2.